The van der Waals surface area contributed by atoms with E-state index in [-0.39, 0.29) is 48.2 Å². The predicted molar refractivity (Wildman–Crippen MR) is 195 cm³/mol. The molecule has 0 heterocycles. The fourth-order valence-electron chi connectivity index (χ4n) is 5.68. The van der Waals surface area contributed by atoms with Gasteiger partial charge in [0.1, 0.15) is 16.4 Å². The molecule has 0 bridgehead atoms. The van der Waals surface area contributed by atoms with Gasteiger partial charge in [0.2, 0.25) is 0 Å². The molecule has 0 radical (unpaired) electrons. The van der Waals surface area contributed by atoms with Crippen molar-refractivity contribution in [3.63, 3.8) is 0 Å². The van der Waals surface area contributed by atoms with E-state index in [0.29, 0.717) is 29.5 Å². The minimum atomic E-state index is -4.90. The van der Waals surface area contributed by atoms with Crippen LogP contribution >= 0.6 is 24.1 Å². The molecule has 0 atom stereocenters. The minimum absolute atomic E-state index is 0.0122. The summed E-state index contributed by atoms with van der Waals surface area (Å²) in [6.45, 7) is 0. The van der Waals surface area contributed by atoms with Gasteiger partial charge in [-0.25, -0.2) is 10.5 Å². The molecule has 288 valence electrons. The van der Waals surface area contributed by atoms with E-state index >= 15 is 0 Å². The lowest BCUT2D eigenvalue weighted by Crippen LogP contribution is -2.09. The van der Waals surface area contributed by atoms with E-state index in [1.54, 1.807) is 0 Å². The van der Waals surface area contributed by atoms with E-state index in [0.717, 1.165) is 42.5 Å². The van der Waals surface area contributed by atoms with Crippen molar-refractivity contribution in [1.82, 2.24) is 0 Å². The highest BCUT2D eigenvalue weighted by atomic mass is 32.2. The number of aromatic hydroxyl groups is 2. The van der Waals surface area contributed by atoms with Gasteiger partial charge in [0.05, 0.1) is 40.1 Å². The van der Waals surface area contributed by atoms with Gasteiger partial charge in [0.25, 0.3) is 20.2 Å². The van der Waals surface area contributed by atoms with Crippen LogP contribution in [0.25, 0.3) is 21.5 Å². The third kappa shape index (κ3) is 8.43. The molecule has 21 heteroatoms. The van der Waals surface area contributed by atoms with Crippen LogP contribution in [0.5, 0.6) is 11.5 Å². The Morgan fingerprint density at radius 2 is 1.05 bits per heavy atom. The Kier molecular flexibility index (Phi) is 11.6. The van der Waals surface area contributed by atoms with Crippen LogP contribution in [-0.2, 0) is 39.0 Å². The molecule has 56 heavy (non-hydrogen) atoms. The van der Waals surface area contributed by atoms with Crippen LogP contribution in [0.1, 0.15) is 47.8 Å². The van der Waals surface area contributed by atoms with Crippen LogP contribution in [0.4, 0.5) is 0 Å². The molecule has 0 spiro atoms. The van der Waals surface area contributed by atoms with Crippen LogP contribution < -0.4 is 0 Å². The summed E-state index contributed by atoms with van der Waals surface area (Å²) < 4.78 is 76.6. The van der Waals surface area contributed by atoms with Crippen LogP contribution in [0.2, 0.25) is 0 Å². The number of phenolic OH excluding ortho intramolecular Hbond substituents is 2. The van der Waals surface area contributed by atoms with Crippen LogP contribution in [0.15, 0.2) is 117 Å². The zero-order valence-corrected chi connectivity index (χ0v) is 30.8. The molecule has 0 saturated carbocycles. The number of fused-ring (bicyclic) bond motifs is 2. The molecule has 0 unspecified atom stereocenters. The van der Waals surface area contributed by atoms with Crippen LogP contribution in [0, 0.1) is 0 Å². The smallest absolute Gasteiger partial charge is 0.295 e. The second-order valence-electron chi connectivity index (χ2n) is 11.6. The van der Waals surface area contributed by atoms with Gasteiger partial charge in [0.15, 0.2) is 17.3 Å². The van der Waals surface area contributed by atoms with Crippen molar-refractivity contribution in [2.24, 2.45) is 0 Å². The second kappa shape index (κ2) is 16.1. The Labute approximate surface area is 323 Å². The van der Waals surface area contributed by atoms with E-state index in [2.05, 4.69) is 18.7 Å². The third-order valence-corrected chi connectivity index (χ3v) is 11.2. The molecule has 6 rings (SSSR count). The van der Waals surface area contributed by atoms with E-state index in [4.69, 9.17) is 10.5 Å². The van der Waals surface area contributed by atoms with Crippen molar-refractivity contribution in [3.8, 4) is 11.5 Å². The van der Waals surface area contributed by atoms with Crippen LogP contribution in [-0.4, -0.2) is 64.0 Å². The van der Waals surface area contributed by atoms with Crippen LogP contribution in [0.3, 0.4) is 0 Å². The monoisotopic (exact) mass is 842 g/mol. The maximum Gasteiger partial charge on any atom is 0.295 e. The molecule has 0 aliphatic carbocycles. The lowest BCUT2D eigenvalue weighted by molar-refractivity contribution is -0.432. The van der Waals surface area contributed by atoms with Gasteiger partial charge >= 0.3 is 0 Å². The van der Waals surface area contributed by atoms with Crippen molar-refractivity contribution in [3.05, 3.63) is 130 Å². The predicted octanol–water partition coefficient (Wildman–Crippen LogP) is 6.45. The number of ketones is 3. The average molecular weight is 843 g/mol. The molecule has 6 aromatic rings. The summed E-state index contributed by atoms with van der Waals surface area (Å²) in [7, 11) is -9.56. The highest BCUT2D eigenvalue weighted by Crippen LogP contribution is 2.35. The summed E-state index contributed by atoms with van der Waals surface area (Å²) >= 11 is 0.988. The highest BCUT2D eigenvalue weighted by Gasteiger charge is 2.24. The number of phenols is 2. The first kappa shape index (κ1) is 40.4. The average Bonchev–Trinajstić information content (AvgIpc) is 3.17. The topological polar surface area (TPSA) is 278 Å². The summed E-state index contributed by atoms with van der Waals surface area (Å²) in [5.41, 5.74) is -1.69. The number of benzene rings is 6. The summed E-state index contributed by atoms with van der Waals surface area (Å²) in [5, 5.41) is 46.3. The molecule has 6 N–H and O–H groups in total. The maximum absolute atomic E-state index is 13.8. The molecule has 6 aromatic carbocycles. The van der Waals surface area contributed by atoms with Gasteiger partial charge in [0, 0.05) is 37.4 Å². The molecule has 0 aliphatic rings. The van der Waals surface area contributed by atoms with Gasteiger partial charge in [-0.05, 0) is 101 Å². The van der Waals surface area contributed by atoms with Crippen molar-refractivity contribution in [1.29, 1.82) is 0 Å². The molecule has 17 nitrogen and oxygen atoms in total. The zero-order valence-electron chi connectivity index (χ0n) is 27.5. The van der Waals surface area contributed by atoms with Crippen molar-refractivity contribution >= 4 is 83.2 Å². The molecule has 0 amide bonds. The maximum atomic E-state index is 13.8. The van der Waals surface area contributed by atoms with E-state index in [9.17, 15) is 50.5 Å². The highest BCUT2D eigenvalue weighted by molar-refractivity contribution is 7.95. The van der Waals surface area contributed by atoms with Crippen molar-refractivity contribution < 1.29 is 79.8 Å². The zero-order chi connectivity index (χ0) is 40.5. The second-order valence-corrected chi connectivity index (χ2v) is 15.9. The fraction of sp³-hybridized carbons (Fsp3) is 0. The third-order valence-electron chi connectivity index (χ3n) is 8.19. The number of hydrogen-bond donors (Lipinski definition) is 6. The molecular formula is C35H22O17S4. The van der Waals surface area contributed by atoms with Gasteiger partial charge in [-0.2, -0.15) is 16.8 Å². The summed E-state index contributed by atoms with van der Waals surface area (Å²) in [6, 6.07) is 18.7. The van der Waals surface area contributed by atoms with E-state index in [1.807, 2.05) is 0 Å². The molecule has 0 saturated heterocycles. The number of hydrogen-bond acceptors (Lipinski definition) is 17. The number of carbonyl (C=O) groups is 3. The first-order chi connectivity index (χ1) is 26.5. The first-order valence-corrected chi connectivity index (χ1v) is 19.6. The Bertz CT molecular complexity index is 2820. The normalized spacial score (nSPS) is 11.9. The molecule has 0 aromatic heterocycles. The van der Waals surface area contributed by atoms with Crippen molar-refractivity contribution in [2.45, 2.75) is 19.6 Å². The fourth-order valence-corrected chi connectivity index (χ4v) is 7.90. The number of carbonyl (C=O) groups excluding carboxylic acids is 3. The summed E-state index contributed by atoms with van der Waals surface area (Å²) in [6.07, 6.45) is 0. The van der Waals surface area contributed by atoms with Gasteiger partial charge in [-0.3, -0.25) is 23.5 Å². The Morgan fingerprint density at radius 1 is 0.518 bits per heavy atom. The standard InChI is InChI=1S/C35H22O17S4/c36-29-7-1-17(13-27(29)34(39)21-10-20-12-24(55(43,44)45)4-6-25(20)31(15-21)54-52-50-42)33(38)18-2-8-30(37)28(14-18)35(40)22-9-19-11-23(53-51-49-41)3-5-26(19)32(16-22)56(46,47)48/h1-16,36-37,41-42H,(H,43,44,45)(H,46,47,48). The molecular weight excluding hydrogens is 821 g/mol. The SMILES string of the molecule is O=C(c1ccc(O)c(C(=O)c2cc(SOOO)c3ccc(S(=O)(=O)O)cc3c2)c1)c1ccc(O)c(C(=O)c2cc(S(=O)(=O)O)c3ccc(SOOO)cc3c2)c1. The lowest BCUT2D eigenvalue weighted by Gasteiger charge is -2.12. The van der Waals surface area contributed by atoms with Crippen molar-refractivity contribution in [2.75, 3.05) is 0 Å². The van der Waals surface area contributed by atoms with Gasteiger partial charge in [-0.1, -0.05) is 22.2 Å². The van der Waals surface area contributed by atoms with Gasteiger partial charge in [-0.15, -0.1) is 8.67 Å². The minimum Gasteiger partial charge on any atom is -0.507 e. The molecule has 0 fully saturated rings. The first-order valence-electron chi connectivity index (χ1n) is 15.2. The van der Waals surface area contributed by atoms with E-state index in [1.165, 1.54) is 54.6 Å². The number of rotatable bonds is 14. The Balaban J connectivity index is 1.37. The summed E-state index contributed by atoms with van der Waals surface area (Å²) in [5.74, 6) is -3.79. The van der Waals surface area contributed by atoms with Gasteiger partial charge < -0.3 is 10.2 Å². The lowest BCUT2D eigenvalue weighted by atomic mass is 9.93. The Hall–Kier alpha value is -5.27. The molecule has 0 aliphatic heterocycles. The quantitative estimate of drug-likeness (QED) is 0.0226. The summed E-state index contributed by atoms with van der Waals surface area (Å²) in [4.78, 5) is 40.6. The van der Waals surface area contributed by atoms with E-state index < -0.39 is 70.0 Å². The largest absolute Gasteiger partial charge is 0.507 e. The Morgan fingerprint density at radius 3 is 1.61 bits per heavy atom.